The van der Waals surface area contributed by atoms with Gasteiger partial charge in [0.15, 0.2) is 0 Å². The molecule has 7 nitrogen and oxygen atoms in total. The molecule has 0 bridgehead atoms. The molecular formula is C18H31N5O2. The predicted molar refractivity (Wildman–Crippen MR) is 97.6 cm³/mol. The maximum absolute atomic E-state index is 12.5. The Hall–Kier alpha value is -1.44. The summed E-state index contributed by atoms with van der Waals surface area (Å²) < 4.78 is 7.13. The largest absolute Gasteiger partial charge is 0.383 e. The van der Waals surface area contributed by atoms with Crippen molar-refractivity contribution < 1.29 is 9.53 Å². The third kappa shape index (κ3) is 4.80. The summed E-state index contributed by atoms with van der Waals surface area (Å²) in [5.41, 5.74) is 0. The Kier molecular flexibility index (Phi) is 6.09. The van der Waals surface area contributed by atoms with Gasteiger partial charge in [-0.15, -0.1) is 0 Å². The number of carbonyl (C=O) groups is 1. The van der Waals surface area contributed by atoms with E-state index in [1.165, 1.54) is 12.8 Å². The first-order chi connectivity index (χ1) is 12.1. The van der Waals surface area contributed by atoms with Crippen molar-refractivity contribution in [1.82, 2.24) is 19.6 Å². The van der Waals surface area contributed by atoms with Crippen LogP contribution >= 0.6 is 0 Å². The fourth-order valence-electron chi connectivity index (χ4n) is 3.66. The van der Waals surface area contributed by atoms with Crippen LogP contribution in [0.2, 0.25) is 0 Å². The lowest BCUT2D eigenvalue weighted by Crippen LogP contribution is -2.54. The number of rotatable bonds is 8. The number of amides is 1. The van der Waals surface area contributed by atoms with Crippen LogP contribution in [-0.2, 0) is 9.53 Å². The molecule has 2 heterocycles. The van der Waals surface area contributed by atoms with Crippen molar-refractivity contribution in [3.63, 3.8) is 0 Å². The highest BCUT2D eigenvalue weighted by Crippen LogP contribution is 2.40. The van der Waals surface area contributed by atoms with Gasteiger partial charge in [0, 0.05) is 45.4 Å². The van der Waals surface area contributed by atoms with Gasteiger partial charge >= 0.3 is 0 Å². The second-order valence-electron chi connectivity index (χ2n) is 7.40. The maximum Gasteiger partial charge on any atom is 0.239 e. The molecule has 7 heteroatoms. The van der Waals surface area contributed by atoms with Gasteiger partial charge in [-0.1, -0.05) is 0 Å². The van der Waals surface area contributed by atoms with Gasteiger partial charge in [-0.2, -0.15) is 5.10 Å². The first-order valence-corrected chi connectivity index (χ1v) is 9.37. The highest BCUT2D eigenvalue weighted by atomic mass is 16.5. The van der Waals surface area contributed by atoms with Crippen LogP contribution in [0.15, 0.2) is 12.3 Å². The minimum atomic E-state index is 0.0438. The van der Waals surface area contributed by atoms with E-state index in [0.29, 0.717) is 24.5 Å². The molecule has 2 atom stereocenters. The zero-order valence-electron chi connectivity index (χ0n) is 15.6. The van der Waals surface area contributed by atoms with E-state index < -0.39 is 0 Å². The van der Waals surface area contributed by atoms with Gasteiger partial charge in [0.2, 0.25) is 5.91 Å². The van der Waals surface area contributed by atoms with Crippen molar-refractivity contribution >= 4 is 11.7 Å². The third-order valence-corrected chi connectivity index (χ3v) is 5.43. The minimum Gasteiger partial charge on any atom is -0.383 e. The molecule has 0 radical (unpaired) electrons. The summed E-state index contributed by atoms with van der Waals surface area (Å²) >= 11 is 0. The van der Waals surface area contributed by atoms with Crippen molar-refractivity contribution in [2.75, 3.05) is 51.8 Å². The van der Waals surface area contributed by atoms with Crippen molar-refractivity contribution in [2.24, 2.45) is 5.92 Å². The van der Waals surface area contributed by atoms with Crippen LogP contribution in [0.5, 0.6) is 0 Å². The fourth-order valence-corrected chi connectivity index (χ4v) is 3.66. The van der Waals surface area contributed by atoms with E-state index in [9.17, 15) is 4.79 Å². The Morgan fingerprint density at radius 2 is 2.24 bits per heavy atom. The molecule has 1 aliphatic carbocycles. The molecule has 2 fully saturated rings. The van der Waals surface area contributed by atoms with E-state index in [1.54, 1.807) is 13.3 Å². The van der Waals surface area contributed by atoms with Gasteiger partial charge in [0.05, 0.1) is 25.4 Å². The van der Waals surface area contributed by atoms with Crippen LogP contribution in [-0.4, -0.2) is 78.0 Å². The van der Waals surface area contributed by atoms with Crippen LogP contribution in [0.4, 0.5) is 5.82 Å². The Morgan fingerprint density at radius 1 is 1.44 bits per heavy atom. The van der Waals surface area contributed by atoms with Crippen molar-refractivity contribution in [3.8, 4) is 0 Å². The molecule has 1 amide bonds. The summed E-state index contributed by atoms with van der Waals surface area (Å²) in [5.74, 6) is 1.56. The van der Waals surface area contributed by atoms with E-state index in [-0.39, 0.29) is 5.91 Å². The highest BCUT2D eigenvalue weighted by Gasteiger charge is 2.31. The number of anilines is 1. The van der Waals surface area contributed by atoms with Crippen LogP contribution in [0, 0.1) is 5.92 Å². The molecule has 1 saturated heterocycles. The smallest absolute Gasteiger partial charge is 0.239 e. The van der Waals surface area contributed by atoms with Gasteiger partial charge in [-0.25, -0.2) is 4.68 Å². The average Bonchev–Trinajstić information content (AvgIpc) is 3.33. The second kappa shape index (κ2) is 8.29. The minimum absolute atomic E-state index is 0.0438. The molecule has 1 aliphatic heterocycles. The van der Waals surface area contributed by atoms with Gasteiger partial charge in [0.25, 0.3) is 0 Å². The number of nitrogens with zero attached hydrogens (tertiary/aromatic N) is 4. The average molecular weight is 349 g/mol. The summed E-state index contributed by atoms with van der Waals surface area (Å²) in [4.78, 5) is 17.1. The molecule has 0 aromatic carbocycles. The summed E-state index contributed by atoms with van der Waals surface area (Å²) in [6, 6.07) is 2.69. The molecular weight excluding hydrogens is 318 g/mol. The summed E-state index contributed by atoms with van der Waals surface area (Å²) in [5, 5.41) is 7.45. The number of aromatic nitrogens is 2. The molecule has 0 spiro atoms. The quantitative estimate of drug-likeness (QED) is 0.770. The first-order valence-electron chi connectivity index (χ1n) is 9.37. The van der Waals surface area contributed by atoms with E-state index in [2.05, 4.69) is 34.1 Å². The Morgan fingerprint density at radius 3 is 2.92 bits per heavy atom. The maximum atomic E-state index is 12.5. The Balaban J connectivity index is 1.48. The van der Waals surface area contributed by atoms with E-state index >= 15 is 0 Å². The standard InChI is InChI=1S/C18H31N5O2/c1-14-12-21(8-9-22(14)10-11-25-3)13-18(24)20-17-6-7-19-23(17)15(2)16-4-5-16/h6-7,14-16H,4-5,8-13H2,1-3H3,(H,20,24)/t14-,15-/m1/s1. The molecule has 140 valence electrons. The first kappa shape index (κ1) is 18.4. The topological polar surface area (TPSA) is 62.6 Å². The van der Waals surface area contributed by atoms with Gasteiger partial charge < -0.3 is 10.1 Å². The molecule has 1 aromatic heterocycles. The number of hydrogen-bond donors (Lipinski definition) is 1. The lowest BCUT2D eigenvalue weighted by atomic mass is 10.2. The fraction of sp³-hybridized carbons (Fsp3) is 0.778. The summed E-state index contributed by atoms with van der Waals surface area (Å²) in [7, 11) is 1.74. The lowest BCUT2D eigenvalue weighted by Gasteiger charge is -2.39. The Bertz CT molecular complexity index is 572. The van der Waals surface area contributed by atoms with Crippen molar-refractivity contribution in [3.05, 3.63) is 12.3 Å². The van der Waals surface area contributed by atoms with E-state index in [0.717, 1.165) is 38.6 Å². The van der Waals surface area contributed by atoms with Crippen LogP contribution in [0.1, 0.15) is 32.7 Å². The van der Waals surface area contributed by atoms with E-state index in [4.69, 9.17) is 4.74 Å². The van der Waals surface area contributed by atoms with E-state index in [1.807, 2.05) is 10.7 Å². The second-order valence-corrected chi connectivity index (χ2v) is 7.40. The number of piperazine rings is 1. The SMILES string of the molecule is COCCN1CCN(CC(=O)Nc2ccnn2[C@H](C)C2CC2)C[C@H]1C. The van der Waals surface area contributed by atoms with Gasteiger partial charge in [0.1, 0.15) is 5.82 Å². The molecule has 1 aromatic rings. The van der Waals surface area contributed by atoms with Crippen LogP contribution < -0.4 is 5.32 Å². The number of ether oxygens (including phenoxy) is 1. The summed E-state index contributed by atoms with van der Waals surface area (Å²) in [6.07, 6.45) is 4.30. The molecule has 25 heavy (non-hydrogen) atoms. The van der Waals surface area contributed by atoms with Crippen LogP contribution in [0.3, 0.4) is 0 Å². The van der Waals surface area contributed by atoms with Gasteiger partial charge in [-0.05, 0) is 32.6 Å². The monoisotopic (exact) mass is 349 g/mol. The number of carbonyl (C=O) groups excluding carboxylic acids is 1. The zero-order valence-corrected chi connectivity index (χ0v) is 15.6. The van der Waals surface area contributed by atoms with Crippen molar-refractivity contribution in [2.45, 2.75) is 38.8 Å². The molecule has 2 aliphatic rings. The number of methoxy groups -OCH3 is 1. The molecule has 1 N–H and O–H groups in total. The highest BCUT2D eigenvalue weighted by molar-refractivity contribution is 5.91. The third-order valence-electron chi connectivity index (χ3n) is 5.43. The number of nitrogens with one attached hydrogen (secondary N) is 1. The zero-order chi connectivity index (χ0) is 17.8. The normalized spacial score (nSPS) is 23.6. The molecule has 1 saturated carbocycles. The van der Waals surface area contributed by atoms with Crippen LogP contribution in [0.25, 0.3) is 0 Å². The van der Waals surface area contributed by atoms with Crippen molar-refractivity contribution in [1.29, 1.82) is 0 Å². The molecule has 0 unspecified atom stereocenters. The summed E-state index contributed by atoms with van der Waals surface area (Å²) in [6.45, 7) is 9.35. The lowest BCUT2D eigenvalue weighted by molar-refractivity contribution is -0.118. The number of hydrogen-bond acceptors (Lipinski definition) is 5. The Labute approximate surface area is 150 Å². The van der Waals surface area contributed by atoms with Gasteiger partial charge in [-0.3, -0.25) is 14.6 Å². The predicted octanol–water partition coefficient (Wildman–Crippen LogP) is 1.45. The molecule has 3 rings (SSSR count).